The number of nitrogen functional groups attached to an aromatic ring is 1. The quantitative estimate of drug-likeness (QED) is 0.547. The van der Waals surface area contributed by atoms with Crippen LogP contribution in [0.4, 0.5) is 11.4 Å². The van der Waals surface area contributed by atoms with Crippen LogP contribution in [0, 0.1) is 0 Å². The van der Waals surface area contributed by atoms with E-state index >= 15 is 0 Å². The molecule has 0 bridgehead atoms. The van der Waals surface area contributed by atoms with E-state index in [4.69, 9.17) is 17.3 Å². The average molecular weight is 311 g/mol. The van der Waals surface area contributed by atoms with Gasteiger partial charge in [-0.2, -0.15) is 0 Å². The minimum Gasteiger partial charge on any atom is -0.397 e. The van der Waals surface area contributed by atoms with Crippen LogP contribution in [0.5, 0.6) is 0 Å². The molecule has 1 atom stereocenters. The summed E-state index contributed by atoms with van der Waals surface area (Å²) in [4.78, 5) is 36.3. The van der Waals surface area contributed by atoms with E-state index in [0.717, 1.165) is 0 Å². The predicted octanol–water partition coefficient (Wildman–Crippen LogP) is 0.208. The predicted molar refractivity (Wildman–Crippen MR) is 78.7 cm³/mol. The van der Waals surface area contributed by atoms with E-state index in [1.165, 1.54) is 11.0 Å². The van der Waals surface area contributed by atoms with Gasteiger partial charge in [-0.15, -0.1) is 0 Å². The molecule has 0 radical (unpaired) electrons. The average Bonchev–Trinajstić information content (AvgIpc) is 2.38. The Morgan fingerprint density at radius 1 is 1.52 bits per heavy atom. The summed E-state index contributed by atoms with van der Waals surface area (Å²) in [6, 6.07) is 4.18. The third-order valence-electron chi connectivity index (χ3n) is 3.17. The molecule has 1 aromatic carbocycles. The summed E-state index contributed by atoms with van der Waals surface area (Å²) in [6.07, 6.45) is 0. The smallest absolute Gasteiger partial charge is 0.243 e. The first-order valence-corrected chi connectivity index (χ1v) is 6.67. The summed E-state index contributed by atoms with van der Waals surface area (Å²) in [5.74, 6) is -1.19. The van der Waals surface area contributed by atoms with Crippen LogP contribution in [0.3, 0.4) is 0 Å². The van der Waals surface area contributed by atoms with Crippen LogP contribution in [-0.4, -0.2) is 41.8 Å². The standard InChI is InChI=1S/C13H15ClN4O3/c1-7-13(21)17-12(20)6-18(7)5-11(19)16-10-3-2-8(14)4-9(10)15/h2-4,7H,5-6,15H2,1H3,(H,16,19)(H,17,20,21). The largest absolute Gasteiger partial charge is 0.397 e. The Hall–Kier alpha value is -2.12. The lowest BCUT2D eigenvalue weighted by Crippen LogP contribution is -2.58. The summed E-state index contributed by atoms with van der Waals surface area (Å²) in [5.41, 5.74) is 6.52. The summed E-state index contributed by atoms with van der Waals surface area (Å²) in [6.45, 7) is 1.55. The number of piperazine rings is 1. The molecule has 0 aromatic heterocycles. The van der Waals surface area contributed by atoms with Crippen molar-refractivity contribution in [3.05, 3.63) is 23.2 Å². The molecular weight excluding hydrogens is 296 g/mol. The fourth-order valence-corrected chi connectivity index (χ4v) is 2.16. The zero-order valence-electron chi connectivity index (χ0n) is 11.4. The van der Waals surface area contributed by atoms with Crippen molar-refractivity contribution in [2.75, 3.05) is 24.1 Å². The number of imide groups is 1. The third-order valence-corrected chi connectivity index (χ3v) is 3.41. The fraction of sp³-hybridized carbons (Fsp3) is 0.308. The number of carbonyl (C=O) groups excluding carboxylic acids is 3. The number of hydrogen-bond acceptors (Lipinski definition) is 5. The number of anilines is 2. The molecule has 3 amide bonds. The highest BCUT2D eigenvalue weighted by molar-refractivity contribution is 6.31. The van der Waals surface area contributed by atoms with Crippen molar-refractivity contribution in [2.24, 2.45) is 0 Å². The van der Waals surface area contributed by atoms with Gasteiger partial charge in [-0.05, 0) is 25.1 Å². The number of halogens is 1. The van der Waals surface area contributed by atoms with Gasteiger partial charge in [-0.25, -0.2) is 0 Å². The van der Waals surface area contributed by atoms with E-state index in [2.05, 4.69) is 10.6 Å². The van der Waals surface area contributed by atoms with Crippen LogP contribution >= 0.6 is 11.6 Å². The lowest BCUT2D eigenvalue weighted by Gasteiger charge is -2.30. The van der Waals surface area contributed by atoms with Crippen molar-refractivity contribution < 1.29 is 14.4 Å². The number of benzene rings is 1. The normalized spacial score (nSPS) is 19.2. The molecule has 4 N–H and O–H groups in total. The highest BCUT2D eigenvalue weighted by atomic mass is 35.5. The highest BCUT2D eigenvalue weighted by Gasteiger charge is 2.31. The fourth-order valence-electron chi connectivity index (χ4n) is 1.98. The van der Waals surface area contributed by atoms with Gasteiger partial charge in [0.25, 0.3) is 0 Å². The molecule has 1 saturated heterocycles. The number of amides is 3. The van der Waals surface area contributed by atoms with Gasteiger partial charge in [0.2, 0.25) is 17.7 Å². The van der Waals surface area contributed by atoms with Crippen LogP contribution in [0.25, 0.3) is 0 Å². The Morgan fingerprint density at radius 2 is 2.24 bits per heavy atom. The van der Waals surface area contributed by atoms with E-state index in [1.54, 1.807) is 19.1 Å². The van der Waals surface area contributed by atoms with Crippen LogP contribution in [0.1, 0.15) is 6.92 Å². The zero-order chi connectivity index (χ0) is 15.6. The molecule has 1 aromatic rings. The van der Waals surface area contributed by atoms with E-state index in [1.807, 2.05) is 0 Å². The van der Waals surface area contributed by atoms with Gasteiger partial charge in [0.05, 0.1) is 30.5 Å². The van der Waals surface area contributed by atoms with Crippen molar-refractivity contribution in [3.8, 4) is 0 Å². The van der Waals surface area contributed by atoms with Crippen LogP contribution in [0.15, 0.2) is 18.2 Å². The number of nitrogens with zero attached hydrogens (tertiary/aromatic N) is 1. The maximum Gasteiger partial charge on any atom is 0.243 e. The number of hydrogen-bond donors (Lipinski definition) is 3. The summed E-state index contributed by atoms with van der Waals surface area (Å²) >= 11 is 5.78. The molecule has 2 rings (SSSR count). The lowest BCUT2D eigenvalue weighted by molar-refractivity contribution is -0.140. The van der Waals surface area contributed by atoms with E-state index in [-0.39, 0.29) is 19.0 Å². The summed E-state index contributed by atoms with van der Waals surface area (Å²) in [7, 11) is 0. The van der Waals surface area contributed by atoms with Gasteiger partial charge in [0.1, 0.15) is 0 Å². The summed E-state index contributed by atoms with van der Waals surface area (Å²) in [5, 5.41) is 5.31. The molecule has 21 heavy (non-hydrogen) atoms. The Bertz CT molecular complexity index is 605. The topological polar surface area (TPSA) is 105 Å². The van der Waals surface area contributed by atoms with Crippen molar-refractivity contribution in [2.45, 2.75) is 13.0 Å². The first kappa shape index (κ1) is 15.3. The third kappa shape index (κ3) is 3.71. The number of nitrogens with one attached hydrogen (secondary N) is 2. The molecule has 7 nitrogen and oxygen atoms in total. The van der Waals surface area contributed by atoms with Gasteiger partial charge in [-0.3, -0.25) is 24.6 Å². The minimum atomic E-state index is -0.545. The molecular formula is C13H15ClN4O3. The monoisotopic (exact) mass is 310 g/mol. The molecule has 8 heteroatoms. The van der Waals surface area contributed by atoms with Crippen molar-refractivity contribution in [1.29, 1.82) is 0 Å². The van der Waals surface area contributed by atoms with Crippen molar-refractivity contribution in [3.63, 3.8) is 0 Å². The van der Waals surface area contributed by atoms with Crippen LogP contribution in [-0.2, 0) is 14.4 Å². The second-order valence-electron chi connectivity index (χ2n) is 4.77. The molecule has 1 aliphatic heterocycles. The SMILES string of the molecule is CC1C(=O)NC(=O)CN1CC(=O)Nc1ccc(Cl)cc1N. The molecule has 1 fully saturated rings. The molecule has 0 saturated carbocycles. The van der Waals surface area contributed by atoms with E-state index < -0.39 is 17.9 Å². The minimum absolute atomic E-state index is 0.00354. The maximum absolute atomic E-state index is 12.0. The Kier molecular flexibility index (Phi) is 4.44. The maximum atomic E-state index is 12.0. The van der Waals surface area contributed by atoms with Gasteiger partial charge < -0.3 is 11.1 Å². The Balaban J connectivity index is 2.01. The molecule has 0 aliphatic carbocycles. The van der Waals surface area contributed by atoms with Gasteiger partial charge in [0.15, 0.2) is 0 Å². The molecule has 1 heterocycles. The molecule has 1 unspecified atom stereocenters. The first-order chi connectivity index (χ1) is 9.86. The molecule has 112 valence electrons. The van der Waals surface area contributed by atoms with Crippen LogP contribution < -0.4 is 16.4 Å². The second kappa shape index (κ2) is 6.11. The number of carbonyl (C=O) groups is 3. The van der Waals surface area contributed by atoms with E-state index in [0.29, 0.717) is 16.4 Å². The van der Waals surface area contributed by atoms with Gasteiger partial charge in [0, 0.05) is 5.02 Å². The highest BCUT2D eigenvalue weighted by Crippen LogP contribution is 2.22. The van der Waals surface area contributed by atoms with Crippen LogP contribution in [0.2, 0.25) is 5.02 Å². The van der Waals surface area contributed by atoms with Gasteiger partial charge >= 0.3 is 0 Å². The Morgan fingerprint density at radius 3 is 2.90 bits per heavy atom. The van der Waals surface area contributed by atoms with Crippen molar-refractivity contribution in [1.82, 2.24) is 10.2 Å². The summed E-state index contributed by atoms with van der Waals surface area (Å²) < 4.78 is 0. The van der Waals surface area contributed by atoms with Gasteiger partial charge in [-0.1, -0.05) is 11.6 Å². The Labute approximate surface area is 126 Å². The van der Waals surface area contributed by atoms with Crippen molar-refractivity contribution >= 4 is 40.7 Å². The second-order valence-corrected chi connectivity index (χ2v) is 5.21. The lowest BCUT2D eigenvalue weighted by atomic mass is 10.2. The number of nitrogens with two attached hydrogens (primary N) is 1. The zero-order valence-corrected chi connectivity index (χ0v) is 12.1. The molecule has 1 aliphatic rings. The number of rotatable bonds is 3. The van der Waals surface area contributed by atoms with E-state index in [9.17, 15) is 14.4 Å². The first-order valence-electron chi connectivity index (χ1n) is 6.29. The molecule has 0 spiro atoms.